The molecule has 17 heavy (non-hydrogen) atoms. The lowest BCUT2D eigenvalue weighted by Gasteiger charge is -2.16. The molecule has 1 unspecified atom stereocenters. The monoisotopic (exact) mass is 234 g/mol. The number of carbonyl (C=O) groups excluding carboxylic acids is 1. The molecule has 1 amide bonds. The van der Waals surface area contributed by atoms with E-state index in [-0.39, 0.29) is 12.5 Å². The van der Waals surface area contributed by atoms with Crippen LogP contribution in [0.25, 0.3) is 0 Å². The standard InChI is InChI=1S/C13H18N2O2/c1-10-5-6-15(8-10)13(16)9-17-12-4-2-3-11(14)7-12/h2-4,7,10H,5-6,8-9,14H2,1H3. The maximum atomic E-state index is 11.8. The Kier molecular flexibility index (Phi) is 3.52. The normalized spacial score (nSPS) is 19.4. The molecule has 1 saturated heterocycles. The van der Waals surface area contributed by atoms with E-state index in [9.17, 15) is 4.79 Å². The van der Waals surface area contributed by atoms with E-state index in [1.54, 1.807) is 18.2 Å². The van der Waals surface area contributed by atoms with Crippen LogP contribution in [0.15, 0.2) is 24.3 Å². The minimum atomic E-state index is 0.0526. The van der Waals surface area contributed by atoms with Crippen LogP contribution < -0.4 is 10.5 Å². The van der Waals surface area contributed by atoms with Crippen molar-refractivity contribution < 1.29 is 9.53 Å². The number of likely N-dealkylation sites (tertiary alicyclic amines) is 1. The van der Waals surface area contributed by atoms with Gasteiger partial charge in [0.05, 0.1) is 0 Å². The van der Waals surface area contributed by atoms with Gasteiger partial charge in [-0.3, -0.25) is 4.79 Å². The highest BCUT2D eigenvalue weighted by Gasteiger charge is 2.23. The van der Waals surface area contributed by atoms with Gasteiger partial charge in [0.15, 0.2) is 6.61 Å². The van der Waals surface area contributed by atoms with Gasteiger partial charge < -0.3 is 15.4 Å². The Balaban J connectivity index is 1.84. The Morgan fingerprint density at radius 2 is 2.41 bits per heavy atom. The van der Waals surface area contributed by atoms with Crippen LogP contribution in [-0.4, -0.2) is 30.5 Å². The molecule has 1 aromatic rings. The van der Waals surface area contributed by atoms with Crippen LogP contribution in [0.3, 0.4) is 0 Å². The molecule has 1 fully saturated rings. The number of ether oxygens (including phenoxy) is 1. The third-order valence-corrected chi connectivity index (χ3v) is 3.00. The zero-order chi connectivity index (χ0) is 12.3. The molecule has 0 aromatic heterocycles. The summed E-state index contributed by atoms with van der Waals surface area (Å²) >= 11 is 0. The van der Waals surface area contributed by atoms with Crippen molar-refractivity contribution in [2.45, 2.75) is 13.3 Å². The molecule has 0 aliphatic carbocycles. The first-order valence-electron chi connectivity index (χ1n) is 5.91. The smallest absolute Gasteiger partial charge is 0.260 e. The van der Waals surface area contributed by atoms with Crippen molar-refractivity contribution in [3.8, 4) is 5.75 Å². The third kappa shape index (κ3) is 3.12. The van der Waals surface area contributed by atoms with Gasteiger partial charge in [-0.1, -0.05) is 13.0 Å². The second-order valence-corrected chi connectivity index (χ2v) is 4.59. The molecule has 2 N–H and O–H groups in total. The largest absolute Gasteiger partial charge is 0.484 e. The van der Waals surface area contributed by atoms with Gasteiger partial charge in [-0.2, -0.15) is 0 Å². The zero-order valence-corrected chi connectivity index (χ0v) is 10.1. The molecular formula is C13H18N2O2. The second-order valence-electron chi connectivity index (χ2n) is 4.59. The molecule has 1 aromatic carbocycles. The van der Waals surface area contributed by atoms with E-state index in [1.165, 1.54) is 0 Å². The van der Waals surface area contributed by atoms with Crippen molar-refractivity contribution in [1.29, 1.82) is 0 Å². The van der Waals surface area contributed by atoms with Crippen molar-refractivity contribution in [2.24, 2.45) is 5.92 Å². The van der Waals surface area contributed by atoms with Crippen LogP contribution in [0.4, 0.5) is 5.69 Å². The number of hydrogen-bond acceptors (Lipinski definition) is 3. The van der Waals surface area contributed by atoms with Gasteiger partial charge in [-0.05, 0) is 24.5 Å². The summed E-state index contributed by atoms with van der Waals surface area (Å²) in [6, 6.07) is 7.13. The van der Waals surface area contributed by atoms with Crippen LogP contribution >= 0.6 is 0 Å². The molecule has 0 bridgehead atoms. The summed E-state index contributed by atoms with van der Waals surface area (Å²) in [5.74, 6) is 1.30. The van der Waals surface area contributed by atoms with E-state index in [4.69, 9.17) is 10.5 Å². The molecule has 92 valence electrons. The summed E-state index contributed by atoms with van der Waals surface area (Å²) in [5.41, 5.74) is 6.27. The van der Waals surface area contributed by atoms with Crippen molar-refractivity contribution in [3.63, 3.8) is 0 Å². The number of carbonyl (C=O) groups is 1. The summed E-state index contributed by atoms with van der Waals surface area (Å²) in [7, 11) is 0. The summed E-state index contributed by atoms with van der Waals surface area (Å²) in [5, 5.41) is 0. The molecule has 1 aliphatic heterocycles. The Hall–Kier alpha value is -1.71. The molecule has 0 saturated carbocycles. The van der Waals surface area contributed by atoms with Crippen molar-refractivity contribution in [1.82, 2.24) is 4.90 Å². The molecular weight excluding hydrogens is 216 g/mol. The van der Waals surface area contributed by atoms with Gasteiger partial charge in [-0.15, -0.1) is 0 Å². The highest BCUT2D eigenvalue weighted by Crippen LogP contribution is 2.17. The van der Waals surface area contributed by atoms with E-state index >= 15 is 0 Å². The molecule has 0 spiro atoms. The average Bonchev–Trinajstić information content (AvgIpc) is 2.73. The Morgan fingerprint density at radius 1 is 1.59 bits per heavy atom. The number of rotatable bonds is 3. The van der Waals surface area contributed by atoms with Gasteiger partial charge in [0.25, 0.3) is 5.91 Å². The van der Waals surface area contributed by atoms with Gasteiger partial charge >= 0.3 is 0 Å². The maximum absolute atomic E-state index is 11.8. The van der Waals surface area contributed by atoms with Crippen LogP contribution in [-0.2, 0) is 4.79 Å². The van der Waals surface area contributed by atoms with Gasteiger partial charge in [0.2, 0.25) is 0 Å². The Morgan fingerprint density at radius 3 is 3.06 bits per heavy atom. The number of hydrogen-bond donors (Lipinski definition) is 1. The number of benzene rings is 1. The van der Waals surface area contributed by atoms with Crippen molar-refractivity contribution >= 4 is 11.6 Å². The van der Waals surface area contributed by atoms with E-state index < -0.39 is 0 Å². The van der Waals surface area contributed by atoms with E-state index in [0.717, 1.165) is 19.5 Å². The summed E-state index contributed by atoms with van der Waals surface area (Å²) in [6.45, 7) is 3.95. The number of nitrogen functional groups attached to an aromatic ring is 1. The van der Waals surface area contributed by atoms with Crippen LogP contribution in [0.1, 0.15) is 13.3 Å². The Labute approximate surface area is 101 Å². The first-order valence-corrected chi connectivity index (χ1v) is 5.91. The van der Waals surface area contributed by atoms with E-state index in [0.29, 0.717) is 17.4 Å². The van der Waals surface area contributed by atoms with Crippen molar-refractivity contribution in [2.75, 3.05) is 25.4 Å². The van der Waals surface area contributed by atoms with Crippen LogP contribution in [0, 0.1) is 5.92 Å². The fraction of sp³-hybridized carbons (Fsp3) is 0.462. The quantitative estimate of drug-likeness (QED) is 0.807. The van der Waals surface area contributed by atoms with Crippen LogP contribution in [0.2, 0.25) is 0 Å². The third-order valence-electron chi connectivity index (χ3n) is 3.00. The van der Waals surface area contributed by atoms with Gasteiger partial charge in [0.1, 0.15) is 5.75 Å². The van der Waals surface area contributed by atoms with E-state index in [2.05, 4.69) is 6.92 Å². The summed E-state index contributed by atoms with van der Waals surface area (Å²) in [4.78, 5) is 13.7. The number of anilines is 1. The first kappa shape index (κ1) is 11.8. The number of nitrogens with zero attached hydrogens (tertiary/aromatic N) is 1. The number of amides is 1. The molecule has 0 radical (unpaired) electrons. The SMILES string of the molecule is CC1CCN(C(=O)COc2cccc(N)c2)C1. The Bertz CT molecular complexity index is 406. The van der Waals surface area contributed by atoms with E-state index in [1.807, 2.05) is 11.0 Å². The minimum absolute atomic E-state index is 0.0526. The lowest BCUT2D eigenvalue weighted by Crippen LogP contribution is -2.32. The zero-order valence-electron chi connectivity index (χ0n) is 10.1. The number of nitrogens with two attached hydrogens (primary N) is 1. The fourth-order valence-corrected chi connectivity index (χ4v) is 2.00. The van der Waals surface area contributed by atoms with Gasteiger partial charge in [0, 0.05) is 24.8 Å². The molecule has 1 aliphatic rings. The molecule has 1 heterocycles. The molecule has 1 atom stereocenters. The predicted molar refractivity (Wildman–Crippen MR) is 66.7 cm³/mol. The topological polar surface area (TPSA) is 55.6 Å². The maximum Gasteiger partial charge on any atom is 0.260 e. The summed E-state index contributed by atoms with van der Waals surface area (Å²) < 4.78 is 5.43. The highest BCUT2D eigenvalue weighted by atomic mass is 16.5. The lowest BCUT2D eigenvalue weighted by atomic mass is 10.2. The molecule has 4 nitrogen and oxygen atoms in total. The highest BCUT2D eigenvalue weighted by molar-refractivity contribution is 5.78. The van der Waals surface area contributed by atoms with Crippen molar-refractivity contribution in [3.05, 3.63) is 24.3 Å². The second kappa shape index (κ2) is 5.08. The molecule has 2 rings (SSSR count). The first-order chi connectivity index (χ1) is 8.15. The van der Waals surface area contributed by atoms with Crippen LogP contribution in [0.5, 0.6) is 5.75 Å². The summed E-state index contributed by atoms with van der Waals surface area (Å²) in [6.07, 6.45) is 1.09. The molecule has 4 heteroatoms. The predicted octanol–water partition coefficient (Wildman–Crippen LogP) is 1.52. The lowest BCUT2D eigenvalue weighted by molar-refractivity contribution is -0.132. The average molecular weight is 234 g/mol. The minimum Gasteiger partial charge on any atom is -0.484 e. The van der Waals surface area contributed by atoms with Gasteiger partial charge in [-0.25, -0.2) is 0 Å². The fourth-order valence-electron chi connectivity index (χ4n) is 2.00.